The van der Waals surface area contributed by atoms with Crippen LogP contribution in [0.5, 0.6) is 0 Å². The van der Waals surface area contributed by atoms with Gasteiger partial charge in [0.25, 0.3) is 0 Å². The highest BCUT2D eigenvalue weighted by Crippen LogP contribution is 2.47. The summed E-state index contributed by atoms with van der Waals surface area (Å²) in [5.41, 5.74) is -0.405. The van der Waals surface area contributed by atoms with Crippen LogP contribution in [0.15, 0.2) is 0 Å². The maximum Gasteiger partial charge on any atom is 0.193 e. The van der Waals surface area contributed by atoms with Crippen molar-refractivity contribution in [2.45, 2.75) is 90.4 Å². The summed E-state index contributed by atoms with van der Waals surface area (Å²) in [5.74, 6) is 0.550. The SMILES string of the molecule is CC(=O)CCCCCCCCCCC(=O)CCCOCCC(=O)P(F)P. The van der Waals surface area contributed by atoms with Crippen LogP contribution in [0, 0.1) is 0 Å². The first-order valence-corrected chi connectivity index (χ1v) is 12.6. The number of rotatable bonds is 19. The third-order valence-electron chi connectivity index (χ3n) is 4.18. The summed E-state index contributed by atoms with van der Waals surface area (Å²) in [7, 11) is -0.190. The van der Waals surface area contributed by atoms with Crippen molar-refractivity contribution in [2.75, 3.05) is 13.2 Å². The largest absolute Gasteiger partial charge is 0.381 e. The van der Waals surface area contributed by atoms with E-state index in [-0.39, 0.29) is 24.6 Å². The lowest BCUT2D eigenvalue weighted by molar-refractivity contribution is -0.120. The Kier molecular flexibility index (Phi) is 18.0. The molecule has 152 valence electrons. The average molecular weight is 408 g/mol. The summed E-state index contributed by atoms with van der Waals surface area (Å²) in [5, 5.41) is 0. The van der Waals surface area contributed by atoms with Crippen molar-refractivity contribution in [3.63, 3.8) is 0 Å². The predicted molar refractivity (Wildman–Crippen MR) is 109 cm³/mol. The van der Waals surface area contributed by atoms with Gasteiger partial charge in [0.2, 0.25) is 0 Å². The van der Waals surface area contributed by atoms with Gasteiger partial charge in [0.1, 0.15) is 11.6 Å². The Morgan fingerprint density at radius 3 is 1.81 bits per heavy atom. The maximum absolute atomic E-state index is 12.6. The molecule has 0 rings (SSSR count). The van der Waals surface area contributed by atoms with Crippen LogP contribution in [0.1, 0.15) is 90.4 Å². The van der Waals surface area contributed by atoms with E-state index >= 15 is 0 Å². The summed E-state index contributed by atoms with van der Waals surface area (Å²) >= 11 is 0. The van der Waals surface area contributed by atoms with Gasteiger partial charge in [-0.1, -0.05) is 47.5 Å². The topological polar surface area (TPSA) is 60.4 Å². The third-order valence-corrected chi connectivity index (χ3v) is 5.74. The first-order chi connectivity index (χ1) is 12.4. The number of halogens is 1. The molecule has 0 fully saturated rings. The van der Waals surface area contributed by atoms with Crippen LogP contribution in [0.2, 0.25) is 0 Å². The molecule has 2 atom stereocenters. The molecule has 0 heterocycles. The van der Waals surface area contributed by atoms with Crippen LogP contribution >= 0.6 is 16.8 Å². The van der Waals surface area contributed by atoms with Gasteiger partial charge in [-0.15, -0.1) is 0 Å². The third kappa shape index (κ3) is 18.5. The first-order valence-electron chi connectivity index (χ1n) is 9.75. The molecule has 4 nitrogen and oxygen atoms in total. The summed E-state index contributed by atoms with van der Waals surface area (Å²) < 4.78 is 17.9. The van der Waals surface area contributed by atoms with Crippen molar-refractivity contribution in [2.24, 2.45) is 0 Å². The standard InChI is InChI=1S/C19H35FO4P2/c1-17(21)11-8-6-4-2-3-5-7-9-12-18(22)13-10-15-24-16-14-19(23)26(20)25/h2-16,25H2,1H3. The molecule has 0 N–H and O–H groups in total. The van der Waals surface area contributed by atoms with E-state index in [1.54, 1.807) is 6.92 Å². The van der Waals surface area contributed by atoms with Crippen molar-refractivity contribution in [3.8, 4) is 0 Å². The van der Waals surface area contributed by atoms with Gasteiger partial charge in [-0.25, -0.2) is 4.20 Å². The normalized spacial score (nSPS) is 12.1. The molecule has 0 amide bonds. The van der Waals surface area contributed by atoms with Gasteiger partial charge >= 0.3 is 0 Å². The monoisotopic (exact) mass is 408 g/mol. The molecule has 0 aliphatic rings. The summed E-state index contributed by atoms with van der Waals surface area (Å²) in [6.45, 7) is 2.33. The lowest BCUT2D eigenvalue weighted by Crippen LogP contribution is -2.04. The lowest BCUT2D eigenvalue weighted by atomic mass is 10.0. The minimum atomic E-state index is -2.08. The number of carbonyl (C=O) groups excluding carboxylic acids is 3. The van der Waals surface area contributed by atoms with Crippen LogP contribution in [-0.4, -0.2) is 30.3 Å². The highest BCUT2D eigenvalue weighted by molar-refractivity contribution is 8.19. The fourth-order valence-electron chi connectivity index (χ4n) is 2.62. The van der Waals surface area contributed by atoms with E-state index < -0.39 is 13.4 Å². The minimum Gasteiger partial charge on any atom is -0.381 e. The van der Waals surface area contributed by atoms with Crippen molar-refractivity contribution < 1.29 is 23.3 Å². The Morgan fingerprint density at radius 1 is 0.769 bits per heavy atom. The molecular weight excluding hydrogens is 373 g/mol. The summed E-state index contributed by atoms with van der Waals surface area (Å²) in [4.78, 5) is 33.6. The number of Topliss-reactive ketones (excluding diaryl/α,β-unsaturated/α-hetero) is 2. The van der Waals surface area contributed by atoms with Crippen molar-refractivity contribution >= 4 is 33.9 Å². The number of unbranched alkanes of at least 4 members (excludes halogenated alkanes) is 7. The van der Waals surface area contributed by atoms with Crippen LogP contribution in [0.25, 0.3) is 0 Å². The summed E-state index contributed by atoms with van der Waals surface area (Å²) in [6.07, 6.45) is 11.6. The molecule has 0 aromatic heterocycles. The Morgan fingerprint density at radius 2 is 1.27 bits per heavy atom. The van der Waals surface area contributed by atoms with E-state index in [1.807, 2.05) is 8.93 Å². The molecule has 0 aliphatic heterocycles. The van der Waals surface area contributed by atoms with Crippen molar-refractivity contribution in [1.29, 1.82) is 0 Å². The number of ketones is 2. The smallest absolute Gasteiger partial charge is 0.193 e. The molecular formula is C19H35FO4P2. The Hall–Kier alpha value is -0.240. The van der Waals surface area contributed by atoms with E-state index in [4.69, 9.17) is 4.74 Å². The van der Waals surface area contributed by atoms with Gasteiger partial charge in [-0.05, 0) is 26.2 Å². The summed E-state index contributed by atoms with van der Waals surface area (Å²) in [6, 6.07) is 0. The number of carbonyl (C=O) groups is 3. The van der Waals surface area contributed by atoms with E-state index in [9.17, 15) is 18.6 Å². The highest BCUT2D eigenvalue weighted by atomic mass is 32.0. The molecule has 2 unspecified atom stereocenters. The zero-order valence-electron chi connectivity index (χ0n) is 16.1. The minimum absolute atomic E-state index is 0.108. The first kappa shape index (κ1) is 25.8. The lowest BCUT2D eigenvalue weighted by Gasteiger charge is -2.05. The van der Waals surface area contributed by atoms with Crippen molar-refractivity contribution in [1.82, 2.24) is 0 Å². The molecule has 0 bridgehead atoms. The molecule has 0 aromatic rings. The Labute approximate surface area is 161 Å². The van der Waals surface area contributed by atoms with Crippen LogP contribution in [-0.2, 0) is 19.1 Å². The van der Waals surface area contributed by atoms with Gasteiger partial charge in [-0.3, -0.25) is 9.59 Å². The number of hydrogen-bond donors (Lipinski definition) is 0. The number of hydrogen-bond acceptors (Lipinski definition) is 4. The molecule has 26 heavy (non-hydrogen) atoms. The quantitative estimate of drug-likeness (QED) is 0.197. The van der Waals surface area contributed by atoms with Gasteiger partial charge in [0, 0.05) is 32.3 Å². The average Bonchev–Trinajstić information content (AvgIpc) is 2.58. The zero-order chi connectivity index (χ0) is 19.6. The predicted octanol–water partition coefficient (Wildman–Crippen LogP) is 5.92. The molecule has 0 aliphatic carbocycles. The molecule has 0 aromatic carbocycles. The molecule has 0 spiro atoms. The van der Waals surface area contributed by atoms with Gasteiger partial charge < -0.3 is 9.53 Å². The maximum atomic E-state index is 12.6. The van der Waals surface area contributed by atoms with Crippen LogP contribution in [0.4, 0.5) is 4.20 Å². The molecule has 0 saturated heterocycles. The van der Waals surface area contributed by atoms with E-state index in [1.165, 1.54) is 25.7 Å². The fraction of sp³-hybridized carbons (Fsp3) is 0.842. The van der Waals surface area contributed by atoms with Crippen LogP contribution < -0.4 is 0 Å². The second kappa shape index (κ2) is 18.1. The van der Waals surface area contributed by atoms with Crippen LogP contribution in [0.3, 0.4) is 0 Å². The van der Waals surface area contributed by atoms with E-state index in [0.717, 1.165) is 25.7 Å². The van der Waals surface area contributed by atoms with Gasteiger partial charge in [0.15, 0.2) is 13.4 Å². The zero-order valence-corrected chi connectivity index (χ0v) is 18.2. The fourth-order valence-corrected chi connectivity index (χ4v) is 3.31. The Balaban J connectivity index is 3.27. The van der Waals surface area contributed by atoms with E-state index in [2.05, 4.69) is 0 Å². The molecule has 0 radical (unpaired) electrons. The number of ether oxygens (including phenoxy) is 1. The van der Waals surface area contributed by atoms with E-state index in [0.29, 0.717) is 32.3 Å². The van der Waals surface area contributed by atoms with Gasteiger partial charge in [0.05, 0.1) is 6.61 Å². The second-order valence-electron chi connectivity index (χ2n) is 6.74. The Bertz CT molecular complexity index is 403. The second-order valence-corrected chi connectivity index (χ2v) is 9.22. The van der Waals surface area contributed by atoms with Crippen molar-refractivity contribution in [3.05, 3.63) is 0 Å². The molecule has 7 heteroatoms. The highest BCUT2D eigenvalue weighted by Gasteiger charge is 2.11. The van der Waals surface area contributed by atoms with Gasteiger partial charge in [-0.2, -0.15) is 0 Å². The molecule has 0 saturated carbocycles.